The van der Waals surface area contributed by atoms with E-state index in [1.54, 1.807) is 13.1 Å². The third kappa shape index (κ3) is 2.22. The Morgan fingerprint density at radius 3 is 2.75 bits per heavy atom. The maximum absolute atomic E-state index is 12.4. The van der Waals surface area contributed by atoms with Crippen LogP contribution in [0.4, 0.5) is 0 Å². The highest BCUT2D eigenvalue weighted by Crippen LogP contribution is 2.39. The summed E-state index contributed by atoms with van der Waals surface area (Å²) in [4.78, 5) is 27.2. The molecule has 4 nitrogen and oxygen atoms in total. The van der Waals surface area contributed by atoms with E-state index in [1.807, 2.05) is 31.2 Å². The minimum Gasteiger partial charge on any atom is -0.454 e. The fourth-order valence-electron chi connectivity index (χ4n) is 2.46. The number of esters is 1. The molecule has 0 unspecified atom stereocenters. The molecule has 2 aromatic rings. The largest absolute Gasteiger partial charge is 0.454 e. The molecule has 20 heavy (non-hydrogen) atoms. The van der Waals surface area contributed by atoms with Crippen molar-refractivity contribution in [2.75, 3.05) is 0 Å². The topological polar surface area (TPSA) is 59.2 Å². The molecule has 0 spiro atoms. The van der Waals surface area contributed by atoms with E-state index in [9.17, 15) is 9.59 Å². The van der Waals surface area contributed by atoms with Gasteiger partial charge in [0.05, 0.1) is 5.92 Å². The van der Waals surface area contributed by atoms with E-state index in [4.69, 9.17) is 4.74 Å². The molecule has 104 valence electrons. The van der Waals surface area contributed by atoms with Crippen LogP contribution in [0.15, 0.2) is 30.5 Å². The van der Waals surface area contributed by atoms with E-state index in [1.165, 1.54) is 0 Å². The summed E-state index contributed by atoms with van der Waals surface area (Å²) in [6.45, 7) is 3.65. The summed E-state index contributed by atoms with van der Waals surface area (Å²) in [7, 11) is 0. The summed E-state index contributed by atoms with van der Waals surface area (Å²) in [5, 5.41) is 0.861. The zero-order valence-electron chi connectivity index (χ0n) is 11.6. The second-order valence-electron chi connectivity index (χ2n) is 5.51. The van der Waals surface area contributed by atoms with Crippen LogP contribution in [-0.4, -0.2) is 22.8 Å². The average molecular weight is 271 g/mol. The monoisotopic (exact) mass is 271 g/mol. The highest BCUT2D eigenvalue weighted by atomic mass is 16.5. The quantitative estimate of drug-likeness (QED) is 0.687. The van der Waals surface area contributed by atoms with Crippen molar-refractivity contribution in [3.63, 3.8) is 0 Å². The first kappa shape index (κ1) is 12.9. The number of para-hydroxylation sites is 1. The van der Waals surface area contributed by atoms with Gasteiger partial charge in [-0.1, -0.05) is 25.1 Å². The lowest BCUT2D eigenvalue weighted by Gasteiger charge is -2.11. The molecule has 3 rings (SSSR count). The van der Waals surface area contributed by atoms with Gasteiger partial charge in [0.2, 0.25) is 5.78 Å². The third-order valence-corrected chi connectivity index (χ3v) is 3.93. The van der Waals surface area contributed by atoms with Crippen LogP contribution >= 0.6 is 0 Å². The van der Waals surface area contributed by atoms with E-state index in [-0.39, 0.29) is 17.7 Å². The molecule has 3 atom stereocenters. The molecule has 1 N–H and O–H groups in total. The molecule has 1 aliphatic rings. The van der Waals surface area contributed by atoms with Crippen molar-refractivity contribution >= 4 is 22.7 Å². The molecule has 0 radical (unpaired) electrons. The van der Waals surface area contributed by atoms with Crippen LogP contribution in [0.25, 0.3) is 10.9 Å². The second-order valence-corrected chi connectivity index (χ2v) is 5.51. The summed E-state index contributed by atoms with van der Waals surface area (Å²) in [5.41, 5.74) is 1.48. The molecule has 1 aromatic carbocycles. The lowest BCUT2D eigenvalue weighted by atomic mass is 10.1. The molecule has 1 aromatic heterocycles. The molecule has 4 heteroatoms. The number of hydrogen-bond donors (Lipinski definition) is 1. The van der Waals surface area contributed by atoms with Crippen LogP contribution in [0.2, 0.25) is 0 Å². The van der Waals surface area contributed by atoms with Crippen molar-refractivity contribution < 1.29 is 14.3 Å². The molecule has 0 bridgehead atoms. The molecule has 1 heterocycles. The zero-order valence-corrected chi connectivity index (χ0v) is 11.6. The Bertz CT molecular complexity index is 673. The van der Waals surface area contributed by atoms with Crippen molar-refractivity contribution in [2.45, 2.75) is 26.4 Å². The number of fused-ring (bicyclic) bond motifs is 1. The van der Waals surface area contributed by atoms with Gasteiger partial charge in [-0.15, -0.1) is 0 Å². The standard InChI is InChI=1S/C16H17NO3/c1-9-7-12(9)16(19)20-10(2)15(18)13-8-17-14-6-4-3-5-11(13)14/h3-6,8-10,12,17H,7H2,1-2H3/t9-,10+,12+/m1/s1. The number of aromatic nitrogens is 1. The van der Waals surface area contributed by atoms with Gasteiger partial charge in [-0.25, -0.2) is 0 Å². The number of rotatable bonds is 4. The van der Waals surface area contributed by atoms with Gasteiger partial charge < -0.3 is 9.72 Å². The highest BCUT2D eigenvalue weighted by molar-refractivity contribution is 6.10. The van der Waals surface area contributed by atoms with Crippen molar-refractivity contribution in [1.82, 2.24) is 4.98 Å². The summed E-state index contributed by atoms with van der Waals surface area (Å²) in [5.74, 6) is -0.0478. The molecule has 0 aliphatic heterocycles. The third-order valence-electron chi connectivity index (χ3n) is 3.93. The lowest BCUT2D eigenvalue weighted by molar-refractivity contribution is -0.148. The van der Waals surface area contributed by atoms with Crippen LogP contribution < -0.4 is 0 Å². The Morgan fingerprint density at radius 2 is 2.05 bits per heavy atom. The van der Waals surface area contributed by atoms with E-state index in [0.717, 1.165) is 17.3 Å². The first-order valence-electron chi connectivity index (χ1n) is 6.88. The molecule has 1 fully saturated rings. The normalized spacial score (nSPS) is 22.5. The first-order valence-corrected chi connectivity index (χ1v) is 6.88. The van der Waals surface area contributed by atoms with Crippen LogP contribution in [-0.2, 0) is 9.53 Å². The summed E-state index contributed by atoms with van der Waals surface area (Å²) >= 11 is 0. The summed E-state index contributed by atoms with van der Waals surface area (Å²) in [6.07, 6.45) is 1.80. The number of benzene rings is 1. The minimum absolute atomic E-state index is 0.0202. The highest BCUT2D eigenvalue weighted by Gasteiger charge is 2.41. The molecular weight excluding hydrogens is 254 g/mol. The van der Waals surface area contributed by atoms with Gasteiger partial charge in [0.15, 0.2) is 6.10 Å². The number of carbonyl (C=O) groups excluding carboxylic acids is 2. The predicted octanol–water partition coefficient (Wildman–Crippen LogP) is 2.94. The van der Waals surface area contributed by atoms with Gasteiger partial charge in [-0.3, -0.25) is 9.59 Å². The molecule has 1 saturated carbocycles. The van der Waals surface area contributed by atoms with Crippen LogP contribution in [0, 0.1) is 11.8 Å². The number of ketones is 1. The number of carbonyl (C=O) groups is 2. The van der Waals surface area contributed by atoms with Gasteiger partial charge in [-0.05, 0) is 25.3 Å². The van der Waals surface area contributed by atoms with Crippen LogP contribution in [0.3, 0.4) is 0 Å². The van der Waals surface area contributed by atoms with Gasteiger partial charge in [0.25, 0.3) is 0 Å². The number of nitrogens with one attached hydrogen (secondary N) is 1. The summed E-state index contributed by atoms with van der Waals surface area (Å²) in [6, 6.07) is 7.59. The summed E-state index contributed by atoms with van der Waals surface area (Å²) < 4.78 is 5.28. The Morgan fingerprint density at radius 1 is 1.35 bits per heavy atom. The molecule has 0 amide bonds. The SMILES string of the molecule is C[C@H](OC(=O)[C@H]1C[C@H]1C)C(=O)c1c[nH]c2ccccc12. The fourth-order valence-corrected chi connectivity index (χ4v) is 2.46. The van der Waals surface area contributed by atoms with Gasteiger partial charge >= 0.3 is 5.97 Å². The number of ether oxygens (including phenoxy) is 1. The van der Waals surface area contributed by atoms with E-state index in [0.29, 0.717) is 11.5 Å². The average Bonchev–Trinajstić information content (AvgIpc) is 3.02. The van der Waals surface area contributed by atoms with E-state index >= 15 is 0 Å². The molecule has 1 aliphatic carbocycles. The van der Waals surface area contributed by atoms with Gasteiger partial charge in [-0.2, -0.15) is 0 Å². The lowest BCUT2D eigenvalue weighted by Crippen LogP contribution is -2.25. The van der Waals surface area contributed by atoms with Crippen LogP contribution in [0.1, 0.15) is 30.6 Å². The van der Waals surface area contributed by atoms with Crippen molar-refractivity contribution in [1.29, 1.82) is 0 Å². The zero-order chi connectivity index (χ0) is 14.3. The smallest absolute Gasteiger partial charge is 0.309 e. The van der Waals surface area contributed by atoms with Crippen molar-refractivity contribution in [2.24, 2.45) is 11.8 Å². The maximum Gasteiger partial charge on any atom is 0.309 e. The van der Waals surface area contributed by atoms with Gasteiger partial charge in [0, 0.05) is 22.7 Å². The van der Waals surface area contributed by atoms with Crippen LogP contribution in [0.5, 0.6) is 0 Å². The number of H-pyrrole nitrogens is 1. The Hall–Kier alpha value is -2.10. The first-order chi connectivity index (χ1) is 9.58. The number of Topliss-reactive ketones (excluding diaryl/α,β-unsaturated/α-hetero) is 1. The molecule has 0 saturated heterocycles. The maximum atomic E-state index is 12.4. The van der Waals surface area contributed by atoms with Gasteiger partial charge in [0.1, 0.15) is 0 Å². The number of hydrogen-bond acceptors (Lipinski definition) is 3. The van der Waals surface area contributed by atoms with E-state index in [2.05, 4.69) is 4.98 Å². The Labute approximate surface area is 117 Å². The molecular formula is C16H17NO3. The van der Waals surface area contributed by atoms with Crippen molar-refractivity contribution in [3.8, 4) is 0 Å². The minimum atomic E-state index is -0.741. The Balaban J connectivity index is 1.76. The fraction of sp³-hybridized carbons (Fsp3) is 0.375. The Kier molecular flexibility index (Phi) is 3.08. The predicted molar refractivity (Wildman–Crippen MR) is 75.5 cm³/mol. The number of aromatic amines is 1. The van der Waals surface area contributed by atoms with E-state index < -0.39 is 6.10 Å². The second kappa shape index (κ2) is 4.78. The van der Waals surface area contributed by atoms with Crippen molar-refractivity contribution in [3.05, 3.63) is 36.0 Å².